The van der Waals surface area contributed by atoms with Crippen LogP contribution in [0.3, 0.4) is 0 Å². The Bertz CT molecular complexity index is 679. The smallest absolute Gasteiger partial charge is 0.254 e. The Morgan fingerprint density at radius 2 is 1.95 bits per heavy atom. The summed E-state index contributed by atoms with van der Waals surface area (Å²) in [4.78, 5) is 13.6. The summed E-state index contributed by atoms with van der Waals surface area (Å²) < 4.78 is 32.4. The molecule has 6 heteroatoms. The molecule has 0 saturated heterocycles. The van der Waals surface area contributed by atoms with Crippen molar-refractivity contribution in [3.8, 4) is 5.75 Å². The minimum atomic E-state index is -0.484. The molecule has 2 aromatic rings. The molecule has 0 aliphatic rings. The fourth-order valence-electron chi connectivity index (χ4n) is 1.82. The van der Waals surface area contributed by atoms with Crippen molar-refractivity contribution in [3.05, 3.63) is 64.1 Å². The maximum Gasteiger partial charge on any atom is 0.254 e. The van der Waals surface area contributed by atoms with Gasteiger partial charge in [-0.2, -0.15) is 0 Å². The molecule has 0 saturated carbocycles. The van der Waals surface area contributed by atoms with Gasteiger partial charge >= 0.3 is 0 Å². The normalized spacial score (nSPS) is 10.4. The number of para-hydroxylation sites is 1. The van der Waals surface area contributed by atoms with E-state index in [1.807, 2.05) is 0 Å². The Labute approximate surface area is 135 Å². The predicted molar refractivity (Wildman–Crippen MR) is 83.0 cm³/mol. The molecule has 0 N–H and O–H groups in total. The van der Waals surface area contributed by atoms with Crippen molar-refractivity contribution >= 4 is 21.8 Å². The van der Waals surface area contributed by atoms with Crippen molar-refractivity contribution in [2.45, 2.75) is 0 Å². The third-order valence-corrected chi connectivity index (χ3v) is 3.72. The highest BCUT2D eigenvalue weighted by atomic mass is 79.9. The molecule has 0 bridgehead atoms. The number of likely N-dealkylation sites (N-methyl/N-ethyl adjacent to an activating group) is 1. The zero-order valence-corrected chi connectivity index (χ0v) is 13.4. The molecule has 116 valence electrons. The van der Waals surface area contributed by atoms with E-state index in [-0.39, 0.29) is 30.4 Å². The lowest BCUT2D eigenvalue weighted by molar-refractivity contribution is 0.0771. The number of nitrogens with zero attached hydrogens (tertiary/aromatic N) is 1. The predicted octanol–water partition coefficient (Wildman–Crippen LogP) is 3.88. The fourth-order valence-corrected chi connectivity index (χ4v) is 2.24. The summed E-state index contributed by atoms with van der Waals surface area (Å²) in [7, 11) is 1.57. The Kier molecular flexibility index (Phi) is 5.49. The van der Waals surface area contributed by atoms with E-state index in [9.17, 15) is 13.6 Å². The van der Waals surface area contributed by atoms with Gasteiger partial charge in [-0.25, -0.2) is 8.78 Å². The SMILES string of the molecule is CN(CCOc1ccccc1F)C(=O)c1cc(F)ccc1Br. The maximum absolute atomic E-state index is 13.4. The first-order valence-electron chi connectivity index (χ1n) is 6.57. The van der Waals surface area contributed by atoms with E-state index in [1.54, 1.807) is 19.2 Å². The minimum Gasteiger partial charge on any atom is -0.489 e. The molecule has 0 aliphatic carbocycles. The van der Waals surface area contributed by atoms with Gasteiger partial charge in [-0.05, 0) is 46.3 Å². The highest BCUT2D eigenvalue weighted by Gasteiger charge is 2.16. The third kappa shape index (κ3) is 4.04. The van der Waals surface area contributed by atoms with Crippen LogP contribution >= 0.6 is 15.9 Å². The van der Waals surface area contributed by atoms with E-state index in [4.69, 9.17) is 4.74 Å². The van der Waals surface area contributed by atoms with Crippen LogP contribution < -0.4 is 4.74 Å². The molecule has 1 amide bonds. The quantitative estimate of drug-likeness (QED) is 0.800. The van der Waals surface area contributed by atoms with Crippen molar-refractivity contribution in [1.82, 2.24) is 4.90 Å². The van der Waals surface area contributed by atoms with E-state index in [0.29, 0.717) is 4.47 Å². The largest absolute Gasteiger partial charge is 0.489 e. The molecule has 3 nitrogen and oxygen atoms in total. The van der Waals surface area contributed by atoms with Crippen molar-refractivity contribution < 1.29 is 18.3 Å². The molecule has 2 rings (SSSR count). The van der Waals surface area contributed by atoms with Gasteiger partial charge in [0.2, 0.25) is 0 Å². The van der Waals surface area contributed by atoms with Crippen molar-refractivity contribution in [3.63, 3.8) is 0 Å². The van der Waals surface area contributed by atoms with Crippen LogP contribution in [-0.2, 0) is 0 Å². The number of carbonyl (C=O) groups is 1. The monoisotopic (exact) mass is 369 g/mol. The van der Waals surface area contributed by atoms with Crippen LogP contribution in [0.25, 0.3) is 0 Å². The standard InChI is InChI=1S/C16H14BrF2NO2/c1-20(8-9-22-15-5-3-2-4-14(15)19)16(21)12-10-11(18)6-7-13(12)17/h2-7,10H,8-9H2,1H3. The minimum absolute atomic E-state index is 0.135. The average Bonchev–Trinajstić information content (AvgIpc) is 2.50. The van der Waals surface area contributed by atoms with Gasteiger partial charge in [-0.3, -0.25) is 4.79 Å². The molecule has 0 spiro atoms. The highest BCUT2D eigenvalue weighted by molar-refractivity contribution is 9.10. The van der Waals surface area contributed by atoms with E-state index >= 15 is 0 Å². The second-order valence-electron chi connectivity index (χ2n) is 4.63. The van der Waals surface area contributed by atoms with E-state index in [2.05, 4.69) is 15.9 Å². The number of rotatable bonds is 5. The van der Waals surface area contributed by atoms with Crippen LogP contribution in [0.5, 0.6) is 5.75 Å². The fraction of sp³-hybridized carbons (Fsp3) is 0.188. The first-order chi connectivity index (χ1) is 10.5. The Balaban J connectivity index is 1.94. The van der Waals surface area contributed by atoms with Gasteiger partial charge in [-0.1, -0.05) is 12.1 Å². The van der Waals surface area contributed by atoms with Crippen LogP contribution in [0.2, 0.25) is 0 Å². The van der Waals surface area contributed by atoms with E-state index in [0.717, 1.165) is 0 Å². The zero-order valence-electron chi connectivity index (χ0n) is 11.9. The number of hydrogen-bond donors (Lipinski definition) is 0. The van der Waals surface area contributed by atoms with Gasteiger partial charge in [0.05, 0.1) is 12.1 Å². The number of carbonyl (C=O) groups excluding carboxylic acids is 1. The molecule has 0 radical (unpaired) electrons. The molecule has 0 unspecified atom stereocenters. The second kappa shape index (κ2) is 7.35. The summed E-state index contributed by atoms with van der Waals surface area (Å²) in [5.74, 6) is -1.15. The van der Waals surface area contributed by atoms with Crippen molar-refractivity contribution in [1.29, 1.82) is 0 Å². The zero-order chi connectivity index (χ0) is 16.1. The van der Waals surface area contributed by atoms with Crippen LogP contribution in [0, 0.1) is 11.6 Å². The lowest BCUT2D eigenvalue weighted by Crippen LogP contribution is -2.31. The molecule has 0 heterocycles. The molecule has 2 aromatic carbocycles. The molecule has 0 atom stereocenters. The molecule has 0 aromatic heterocycles. The Hall–Kier alpha value is -1.95. The number of benzene rings is 2. The second-order valence-corrected chi connectivity index (χ2v) is 5.48. The van der Waals surface area contributed by atoms with Gasteiger partial charge < -0.3 is 9.64 Å². The van der Waals surface area contributed by atoms with Gasteiger partial charge in [0.25, 0.3) is 5.91 Å². The average molecular weight is 370 g/mol. The highest BCUT2D eigenvalue weighted by Crippen LogP contribution is 2.19. The van der Waals surface area contributed by atoms with E-state index in [1.165, 1.54) is 35.2 Å². The van der Waals surface area contributed by atoms with Gasteiger partial charge in [-0.15, -0.1) is 0 Å². The molecular weight excluding hydrogens is 356 g/mol. The van der Waals surface area contributed by atoms with Crippen LogP contribution in [-0.4, -0.2) is 31.0 Å². The maximum atomic E-state index is 13.4. The number of halogens is 3. The Morgan fingerprint density at radius 1 is 1.23 bits per heavy atom. The van der Waals surface area contributed by atoms with Crippen molar-refractivity contribution in [2.24, 2.45) is 0 Å². The lowest BCUT2D eigenvalue weighted by atomic mass is 10.2. The number of ether oxygens (including phenoxy) is 1. The number of amides is 1. The summed E-state index contributed by atoms with van der Waals surface area (Å²) in [5.41, 5.74) is 0.230. The first kappa shape index (κ1) is 16.4. The van der Waals surface area contributed by atoms with Gasteiger partial charge in [0.15, 0.2) is 11.6 Å². The first-order valence-corrected chi connectivity index (χ1v) is 7.36. The Morgan fingerprint density at radius 3 is 2.68 bits per heavy atom. The molecule has 0 fully saturated rings. The topological polar surface area (TPSA) is 29.5 Å². The van der Waals surface area contributed by atoms with Gasteiger partial charge in [0, 0.05) is 11.5 Å². The molecular formula is C16H14BrF2NO2. The molecule has 22 heavy (non-hydrogen) atoms. The summed E-state index contributed by atoms with van der Waals surface area (Å²) in [6, 6.07) is 9.96. The number of hydrogen-bond acceptors (Lipinski definition) is 2. The summed E-state index contributed by atoms with van der Waals surface area (Å²) in [6.45, 7) is 0.381. The van der Waals surface area contributed by atoms with Crippen molar-refractivity contribution in [2.75, 3.05) is 20.2 Å². The summed E-state index contributed by atoms with van der Waals surface area (Å²) in [5, 5.41) is 0. The summed E-state index contributed by atoms with van der Waals surface area (Å²) in [6.07, 6.45) is 0. The van der Waals surface area contributed by atoms with Crippen LogP contribution in [0.15, 0.2) is 46.9 Å². The van der Waals surface area contributed by atoms with Gasteiger partial charge in [0.1, 0.15) is 12.4 Å². The molecule has 0 aliphatic heterocycles. The third-order valence-electron chi connectivity index (χ3n) is 3.03. The summed E-state index contributed by atoms with van der Waals surface area (Å²) >= 11 is 3.22. The van der Waals surface area contributed by atoms with Crippen LogP contribution in [0.4, 0.5) is 8.78 Å². The lowest BCUT2D eigenvalue weighted by Gasteiger charge is -2.18. The van der Waals surface area contributed by atoms with E-state index < -0.39 is 11.6 Å². The van der Waals surface area contributed by atoms with Crippen LogP contribution in [0.1, 0.15) is 10.4 Å².